The van der Waals surface area contributed by atoms with Crippen LogP contribution in [0, 0.1) is 0 Å². The number of carbonyl (C=O) groups is 1. The van der Waals surface area contributed by atoms with Crippen molar-refractivity contribution in [2.75, 3.05) is 11.4 Å². The van der Waals surface area contributed by atoms with Gasteiger partial charge in [0.15, 0.2) is 0 Å². The second-order valence-corrected chi connectivity index (χ2v) is 5.66. The molecule has 0 radical (unpaired) electrons. The first kappa shape index (κ1) is 16.8. The summed E-state index contributed by atoms with van der Waals surface area (Å²) >= 11 is 0. The number of amides is 1. The van der Waals surface area contributed by atoms with Gasteiger partial charge in [0.2, 0.25) is 0 Å². The van der Waals surface area contributed by atoms with Crippen LogP contribution in [-0.4, -0.2) is 17.4 Å². The van der Waals surface area contributed by atoms with Crippen molar-refractivity contribution in [3.05, 3.63) is 84.1 Å². The van der Waals surface area contributed by atoms with E-state index in [9.17, 15) is 4.79 Å². The van der Waals surface area contributed by atoms with E-state index >= 15 is 0 Å². The molecule has 3 aromatic rings. The Morgan fingerprint density at radius 2 is 2.00 bits per heavy atom. The molecule has 0 bridgehead atoms. The Labute approximate surface area is 147 Å². The van der Waals surface area contributed by atoms with Crippen molar-refractivity contribution in [3.8, 4) is 0 Å². The number of nitrogens with zero attached hydrogens (tertiary/aromatic N) is 2. The Hall–Kier alpha value is -3.08. The molecule has 0 atom stereocenters. The molecule has 2 aromatic heterocycles. The molecule has 128 valence electrons. The van der Waals surface area contributed by atoms with E-state index in [1.807, 2.05) is 36.4 Å². The minimum atomic E-state index is -0.214. The highest BCUT2D eigenvalue weighted by atomic mass is 16.3. The highest BCUT2D eigenvalue weighted by Gasteiger charge is 2.11. The van der Waals surface area contributed by atoms with Gasteiger partial charge in [0.1, 0.15) is 11.5 Å². The first-order valence-corrected chi connectivity index (χ1v) is 8.31. The van der Waals surface area contributed by atoms with Gasteiger partial charge < -0.3 is 14.6 Å². The van der Waals surface area contributed by atoms with Crippen molar-refractivity contribution in [3.63, 3.8) is 0 Å². The van der Waals surface area contributed by atoms with Crippen LogP contribution in [0.25, 0.3) is 0 Å². The standard InChI is InChI=1S/C20H21N3O2/c1-2-23(15-16-7-4-3-5-8-16)17-10-11-21-19(13-17)20(24)22-14-18-9-6-12-25-18/h3-13H,2,14-15H2,1H3,(H,22,24). The van der Waals surface area contributed by atoms with Crippen LogP contribution in [0.1, 0.15) is 28.7 Å². The Kier molecular flexibility index (Phi) is 5.46. The van der Waals surface area contributed by atoms with Gasteiger partial charge in [-0.25, -0.2) is 0 Å². The third-order valence-electron chi connectivity index (χ3n) is 3.94. The lowest BCUT2D eigenvalue weighted by atomic mass is 10.2. The lowest BCUT2D eigenvalue weighted by Gasteiger charge is -2.23. The number of nitrogens with one attached hydrogen (secondary N) is 1. The quantitative estimate of drug-likeness (QED) is 0.716. The fraction of sp³-hybridized carbons (Fsp3) is 0.200. The van der Waals surface area contributed by atoms with Gasteiger partial charge in [-0.05, 0) is 36.8 Å². The predicted molar refractivity (Wildman–Crippen MR) is 97.3 cm³/mol. The first-order valence-electron chi connectivity index (χ1n) is 8.31. The van der Waals surface area contributed by atoms with Crippen LogP contribution in [0.2, 0.25) is 0 Å². The van der Waals surface area contributed by atoms with E-state index in [0.717, 1.165) is 18.8 Å². The number of benzene rings is 1. The largest absolute Gasteiger partial charge is 0.467 e. The first-order chi connectivity index (χ1) is 12.3. The van der Waals surface area contributed by atoms with Crippen LogP contribution in [0.5, 0.6) is 0 Å². The van der Waals surface area contributed by atoms with E-state index in [0.29, 0.717) is 18.0 Å². The molecule has 1 amide bonds. The molecule has 1 N–H and O–H groups in total. The van der Waals surface area contributed by atoms with Crippen molar-refractivity contribution < 1.29 is 9.21 Å². The second-order valence-electron chi connectivity index (χ2n) is 5.66. The number of pyridine rings is 1. The maximum Gasteiger partial charge on any atom is 0.270 e. The van der Waals surface area contributed by atoms with Gasteiger partial charge in [-0.3, -0.25) is 9.78 Å². The summed E-state index contributed by atoms with van der Waals surface area (Å²) in [6.45, 7) is 4.07. The topological polar surface area (TPSA) is 58.4 Å². The van der Waals surface area contributed by atoms with Gasteiger partial charge in [-0.2, -0.15) is 0 Å². The van der Waals surface area contributed by atoms with Crippen LogP contribution < -0.4 is 10.2 Å². The third-order valence-corrected chi connectivity index (χ3v) is 3.94. The Morgan fingerprint density at radius 1 is 1.16 bits per heavy atom. The molecule has 0 aliphatic heterocycles. The lowest BCUT2D eigenvalue weighted by molar-refractivity contribution is 0.0943. The molecule has 1 aromatic carbocycles. The molecule has 3 rings (SSSR count). The molecule has 0 spiro atoms. The maximum absolute atomic E-state index is 12.3. The summed E-state index contributed by atoms with van der Waals surface area (Å²) in [5.41, 5.74) is 2.60. The van der Waals surface area contributed by atoms with Crippen LogP contribution in [0.3, 0.4) is 0 Å². The smallest absolute Gasteiger partial charge is 0.270 e. The number of carbonyl (C=O) groups excluding carboxylic acids is 1. The van der Waals surface area contributed by atoms with Gasteiger partial charge in [0.25, 0.3) is 5.91 Å². The summed E-state index contributed by atoms with van der Waals surface area (Å²) in [6, 6.07) is 17.6. The molecule has 0 aliphatic carbocycles. The summed E-state index contributed by atoms with van der Waals surface area (Å²) < 4.78 is 5.22. The number of aromatic nitrogens is 1. The zero-order valence-electron chi connectivity index (χ0n) is 14.2. The predicted octanol–water partition coefficient (Wildman–Crippen LogP) is 3.63. The average Bonchev–Trinajstić information content (AvgIpc) is 3.19. The van der Waals surface area contributed by atoms with E-state index in [4.69, 9.17) is 4.42 Å². The van der Waals surface area contributed by atoms with Crippen molar-refractivity contribution in [2.45, 2.75) is 20.0 Å². The molecule has 0 saturated heterocycles. The van der Waals surface area contributed by atoms with Crippen LogP contribution >= 0.6 is 0 Å². The fourth-order valence-electron chi connectivity index (χ4n) is 2.60. The maximum atomic E-state index is 12.3. The lowest BCUT2D eigenvalue weighted by Crippen LogP contribution is -2.25. The second kappa shape index (κ2) is 8.15. The Balaban J connectivity index is 1.69. The van der Waals surface area contributed by atoms with Gasteiger partial charge in [-0.1, -0.05) is 30.3 Å². The molecular formula is C20H21N3O2. The molecule has 0 aliphatic rings. The van der Waals surface area contributed by atoms with E-state index < -0.39 is 0 Å². The van der Waals surface area contributed by atoms with E-state index in [1.165, 1.54) is 5.56 Å². The molecule has 5 nitrogen and oxygen atoms in total. The van der Waals surface area contributed by atoms with Crippen molar-refractivity contribution in [1.82, 2.24) is 10.3 Å². The van der Waals surface area contributed by atoms with Gasteiger partial charge in [-0.15, -0.1) is 0 Å². The van der Waals surface area contributed by atoms with Crippen molar-refractivity contribution in [2.24, 2.45) is 0 Å². The number of hydrogen-bond donors (Lipinski definition) is 1. The Morgan fingerprint density at radius 3 is 2.72 bits per heavy atom. The summed E-state index contributed by atoms with van der Waals surface area (Å²) in [4.78, 5) is 18.7. The average molecular weight is 335 g/mol. The van der Waals surface area contributed by atoms with E-state index in [-0.39, 0.29) is 5.91 Å². The van der Waals surface area contributed by atoms with Crippen molar-refractivity contribution >= 4 is 11.6 Å². The number of anilines is 1. The highest BCUT2D eigenvalue weighted by Crippen LogP contribution is 2.17. The van der Waals surface area contributed by atoms with Gasteiger partial charge >= 0.3 is 0 Å². The normalized spacial score (nSPS) is 10.4. The monoisotopic (exact) mass is 335 g/mol. The fourth-order valence-corrected chi connectivity index (χ4v) is 2.60. The zero-order valence-corrected chi connectivity index (χ0v) is 14.2. The molecule has 0 saturated carbocycles. The highest BCUT2D eigenvalue weighted by molar-refractivity contribution is 5.93. The molecule has 0 unspecified atom stereocenters. The summed E-state index contributed by atoms with van der Waals surface area (Å²) in [7, 11) is 0. The molecule has 5 heteroatoms. The van der Waals surface area contributed by atoms with E-state index in [2.05, 4.69) is 34.3 Å². The molecular weight excluding hydrogens is 314 g/mol. The third kappa shape index (κ3) is 4.47. The van der Waals surface area contributed by atoms with Crippen LogP contribution in [0.15, 0.2) is 71.5 Å². The molecule has 25 heavy (non-hydrogen) atoms. The molecule has 0 fully saturated rings. The minimum Gasteiger partial charge on any atom is -0.467 e. The van der Waals surface area contributed by atoms with Crippen LogP contribution in [-0.2, 0) is 13.1 Å². The van der Waals surface area contributed by atoms with Gasteiger partial charge in [0.05, 0.1) is 12.8 Å². The SMILES string of the molecule is CCN(Cc1ccccc1)c1ccnc(C(=O)NCc2ccco2)c1. The molecule has 2 heterocycles. The van der Waals surface area contributed by atoms with Crippen LogP contribution in [0.4, 0.5) is 5.69 Å². The zero-order chi connectivity index (χ0) is 17.5. The van der Waals surface area contributed by atoms with Crippen molar-refractivity contribution in [1.29, 1.82) is 0 Å². The van der Waals surface area contributed by atoms with Gasteiger partial charge in [0, 0.05) is 25.0 Å². The summed E-state index contributed by atoms with van der Waals surface area (Å²) in [5.74, 6) is 0.498. The summed E-state index contributed by atoms with van der Waals surface area (Å²) in [6.07, 6.45) is 3.26. The number of rotatable bonds is 7. The van der Waals surface area contributed by atoms with E-state index in [1.54, 1.807) is 18.5 Å². The Bertz CT molecular complexity index is 801. The number of hydrogen-bond acceptors (Lipinski definition) is 4. The number of furan rings is 1. The summed E-state index contributed by atoms with van der Waals surface area (Å²) in [5, 5.41) is 2.82. The minimum absolute atomic E-state index is 0.214.